The lowest BCUT2D eigenvalue weighted by Gasteiger charge is -2.28. The molecule has 0 aromatic rings. The fraction of sp³-hybridized carbons (Fsp3) is 0.804. The van der Waals surface area contributed by atoms with Crippen molar-refractivity contribution in [2.75, 3.05) is 184 Å². The monoisotopic (exact) mass is 1400 g/mol. The van der Waals surface area contributed by atoms with Crippen molar-refractivity contribution in [1.29, 1.82) is 0 Å². The minimum absolute atomic E-state index is 0.0426. The Kier molecular flexibility index (Phi) is 42.2. The molecule has 6 fully saturated rings. The van der Waals surface area contributed by atoms with Crippen molar-refractivity contribution in [3.63, 3.8) is 0 Å². The molecule has 0 saturated carbocycles. The molecule has 4 atom stereocenters. The summed E-state index contributed by atoms with van der Waals surface area (Å²) in [6.07, 6.45) is -4.71. The average Bonchev–Trinajstić information content (AvgIpc) is 1.59. The lowest BCUT2D eigenvalue weighted by atomic mass is 10.3. The highest BCUT2D eigenvalue weighted by Crippen LogP contribution is 2.36. The van der Waals surface area contributed by atoms with E-state index >= 15 is 0 Å². The third-order valence-electron chi connectivity index (χ3n) is 14.0. The van der Waals surface area contributed by atoms with Gasteiger partial charge in [-0.15, -0.1) is 0 Å². The summed E-state index contributed by atoms with van der Waals surface area (Å²) < 4.78 is 71.1. The number of imide groups is 3. The van der Waals surface area contributed by atoms with E-state index in [1.54, 1.807) is 50.5 Å². The van der Waals surface area contributed by atoms with E-state index in [1.165, 1.54) is 85.2 Å². The van der Waals surface area contributed by atoms with Crippen LogP contribution in [0, 0.1) is 0 Å². The number of methoxy groups -OCH3 is 7. The zero-order valence-electron chi connectivity index (χ0n) is 59.7. The van der Waals surface area contributed by atoms with Crippen LogP contribution < -0.4 is 21.3 Å². The molecule has 560 valence electrons. The molecule has 6 aliphatic heterocycles. The van der Waals surface area contributed by atoms with Crippen LogP contribution >= 0.6 is 0 Å². The standard InChI is InChI=1S/C12H18N4O6.C12H22N4O4.C11H22N2O4.C9H16N2O5.C7H16N2O3.C5H12N2O3/c1-7(17)15-10-9(13(5-21-3)11(15)19)14(6-22-4)12(20)16(10)8(2)18;1-5-19-7-15-10-9(13(3)11(15)17)14(4)12(18)16(10)8-20-6-2;1-5-15-8-13-10(17-7-3)9(16-6-2)12(4)11(13)14;1-6(12)11-8(16-4)7(15-3)10(5-14-2)9(11)13;1-3-11-5-8-7(10)9-6-12-4-2;1-9-3-6-5(8)7-4-10-2/h9-10H,5-6H2,1-4H3;9-10H,5-8H2,1-4H3;9-10H,5-8H2,1-4H3;7-8H,5H2,1-4H3;3-6H2,1-2H3,(H2,8,9,10);3-4H2,1-2H3,(H2,6,7,8). The zero-order chi connectivity index (χ0) is 73.6. The quantitative estimate of drug-likeness (QED) is 0.0540. The molecule has 41 nitrogen and oxygen atoms in total. The van der Waals surface area contributed by atoms with Crippen LogP contribution in [0.3, 0.4) is 0 Å². The summed E-state index contributed by atoms with van der Waals surface area (Å²) in [4.78, 5) is 145. The van der Waals surface area contributed by atoms with Gasteiger partial charge in [0.25, 0.3) is 0 Å². The third-order valence-corrected chi connectivity index (χ3v) is 14.0. The van der Waals surface area contributed by atoms with Crippen LogP contribution in [0.1, 0.15) is 69.2 Å². The normalized spacial score (nSPS) is 21.5. The predicted octanol–water partition coefficient (Wildman–Crippen LogP) is 0.435. The summed E-state index contributed by atoms with van der Waals surface area (Å²) in [6, 6.07) is -2.72. The van der Waals surface area contributed by atoms with Crippen LogP contribution in [0.4, 0.5) is 38.4 Å². The third kappa shape index (κ3) is 24.2. The van der Waals surface area contributed by atoms with Crippen LogP contribution in [-0.2, 0) is 80.7 Å². The van der Waals surface area contributed by atoms with E-state index in [4.69, 9.17) is 56.8 Å². The van der Waals surface area contributed by atoms with E-state index in [0.717, 1.165) is 14.7 Å². The number of hydrogen-bond donors (Lipinski definition) is 4. The molecule has 6 heterocycles. The van der Waals surface area contributed by atoms with Gasteiger partial charge in [0.15, 0.2) is 43.4 Å². The minimum Gasteiger partial charge on any atom is -0.364 e. The highest BCUT2D eigenvalue weighted by Gasteiger charge is 2.62. The van der Waals surface area contributed by atoms with Crippen LogP contribution in [0.25, 0.3) is 0 Å². The first-order chi connectivity index (χ1) is 46.3. The molecule has 0 radical (unpaired) electrons. The molecule has 97 heavy (non-hydrogen) atoms. The summed E-state index contributed by atoms with van der Waals surface area (Å²) in [7, 11) is 15.2. The molecule has 0 aliphatic carbocycles. The smallest absolute Gasteiger partial charge is 0.333 e. The predicted molar refractivity (Wildman–Crippen MR) is 337 cm³/mol. The summed E-state index contributed by atoms with van der Waals surface area (Å²) in [6.45, 7) is 21.9. The number of nitrogens with zero attached hydrogens (tertiary/aromatic N) is 12. The van der Waals surface area contributed by atoms with Gasteiger partial charge in [-0.05, 0) is 48.5 Å². The van der Waals surface area contributed by atoms with Gasteiger partial charge in [-0.1, -0.05) is 0 Å². The molecule has 6 saturated heterocycles. The second kappa shape index (κ2) is 46.8. The number of rotatable bonds is 31. The molecule has 6 rings (SSSR count). The van der Waals surface area contributed by atoms with Crippen molar-refractivity contribution in [2.45, 2.75) is 119 Å². The van der Waals surface area contributed by atoms with Gasteiger partial charge >= 0.3 is 48.2 Å². The molecule has 19 amide bonds. The van der Waals surface area contributed by atoms with E-state index < -0.39 is 66.8 Å². The van der Waals surface area contributed by atoms with E-state index in [-0.39, 0.29) is 116 Å². The number of amides is 19. The summed E-state index contributed by atoms with van der Waals surface area (Å²) in [5.74, 6) is -1.51. The highest BCUT2D eigenvalue weighted by atomic mass is 16.6. The Balaban J connectivity index is 0.000000593. The molecule has 41 heteroatoms. The van der Waals surface area contributed by atoms with Crippen LogP contribution in [-0.4, -0.2) is 359 Å². The largest absolute Gasteiger partial charge is 0.364 e. The maximum absolute atomic E-state index is 12.4. The molecular formula is C56H106N16O25. The fourth-order valence-electron chi connectivity index (χ4n) is 9.75. The number of nitrogens with one attached hydrogen (secondary N) is 4. The SMILES string of the molecule is CCOCN1C(=O)N(C)C(OCC)C1OCC.CCOCN1C(=O)N(C)C2C1N(COCC)C(=O)N2C.CCOCNC(=O)NCOCC.COCN1C(=O)N(C(C)=O)C(OC)C1OC.COCN1C(=O)N(C(C)=O)C2C1N(COC)C(=O)N2C(C)=O.COCNC(=O)NCOC. The second-order valence-corrected chi connectivity index (χ2v) is 20.2. The second-order valence-electron chi connectivity index (χ2n) is 20.2. The van der Waals surface area contributed by atoms with E-state index in [9.17, 15) is 52.7 Å². The Morgan fingerprint density at radius 1 is 0.320 bits per heavy atom. The average molecular weight is 1400 g/mol. The summed E-state index contributed by atoms with van der Waals surface area (Å²) >= 11 is 0. The van der Waals surface area contributed by atoms with Crippen molar-refractivity contribution >= 4 is 66.0 Å². The number of fused-ring (bicyclic) bond motifs is 2. The number of urea groups is 8. The van der Waals surface area contributed by atoms with Crippen molar-refractivity contribution in [2.24, 2.45) is 0 Å². The number of carbonyl (C=O) groups is 11. The van der Waals surface area contributed by atoms with Crippen LogP contribution in [0.5, 0.6) is 0 Å². The van der Waals surface area contributed by atoms with Gasteiger partial charge in [0, 0.05) is 138 Å². The Hall–Kier alpha value is -7.39. The zero-order valence-corrected chi connectivity index (χ0v) is 59.7. The van der Waals surface area contributed by atoms with Gasteiger partial charge < -0.3 is 97.4 Å². The van der Waals surface area contributed by atoms with Crippen molar-refractivity contribution in [3.8, 4) is 0 Å². The van der Waals surface area contributed by atoms with Crippen molar-refractivity contribution in [1.82, 2.24) is 80.1 Å². The highest BCUT2D eigenvalue weighted by molar-refractivity contribution is 6.02. The Labute approximate surface area is 566 Å². The van der Waals surface area contributed by atoms with Crippen LogP contribution in [0.15, 0.2) is 0 Å². The molecule has 0 aromatic heterocycles. The molecular weight excluding hydrogens is 1300 g/mol. The first kappa shape index (κ1) is 87.6. The maximum Gasteiger partial charge on any atom is 0.333 e. The Morgan fingerprint density at radius 2 is 0.629 bits per heavy atom. The molecule has 0 spiro atoms. The molecule has 4 unspecified atom stereocenters. The lowest BCUT2D eigenvalue weighted by molar-refractivity contribution is -0.147. The number of carbonyl (C=O) groups excluding carboxylic acids is 11. The lowest BCUT2D eigenvalue weighted by Crippen LogP contribution is -2.50. The van der Waals surface area contributed by atoms with Gasteiger partial charge in [-0.25, -0.2) is 53.1 Å². The van der Waals surface area contributed by atoms with Gasteiger partial charge in [-0.3, -0.25) is 48.7 Å². The van der Waals surface area contributed by atoms with Crippen molar-refractivity contribution < 1.29 is 119 Å². The van der Waals surface area contributed by atoms with Gasteiger partial charge in [0.1, 0.15) is 73.5 Å². The van der Waals surface area contributed by atoms with E-state index in [2.05, 4.69) is 30.7 Å². The maximum atomic E-state index is 12.4. The molecule has 6 aliphatic rings. The van der Waals surface area contributed by atoms with Gasteiger partial charge in [-0.2, -0.15) is 0 Å². The van der Waals surface area contributed by atoms with Gasteiger partial charge in [0.2, 0.25) is 17.7 Å². The minimum atomic E-state index is -1.03. The molecule has 4 N–H and O–H groups in total. The Bertz CT molecular complexity index is 2350. The Morgan fingerprint density at radius 3 is 0.969 bits per heavy atom. The van der Waals surface area contributed by atoms with Crippen LogP contribution in [0.2, 0.25) is 0 Å². The first-order valence-electron chi connectivity index (χ1n) is 30.8. The fourth-order valence-corrected chi connectivity index (χ4v) is 9.75. The summed E-state index contributed by atoms with van der Waals surface area (Å²) in [5.41, 5.74) is 0. The number of ether oxygens (including phenoxy) is 14. The van der Waals surface area contributed by atoms with E-state index in [1.807, 2.05) is 48.5 Å². The molecule has 0 bridgehead atoms. The summed E-state index contributed by atoms with van der Waals surface area (Å²) in [5, 5.41) is 9.81. The molecule has 0 aromatic carbocycles. The number of likely N-dealkylation sites (N-methyl/N-ethyl adjacent to an activating group) is 3. The topological polar surface area (TPSA) is 404 Å². The van der Waals surface area contributed by atoms with Gasteiger partial charge in [0.05, 0.1) is 0 Å². The first-order valence-corrected chi connectivity index (χ1v) is 30.8. The number of hydrogen-bond acceptors (Lipinski definition) is 25. The van der Waals surface area contributed by atoms with E-state index in [0.29, 0.717) is 46.2 Å². The van der Waals surface area contributed by atoms with Crippen molar-refractivity contribution in [3.05, 3.63) is 0 Å².